The molecule has 1 aromatic heterocycles. The number of rotatable bonds is 6. The molecular formula is C26H26N4O5. The maximum atomic E-state index is 13.0. The highest BCUT2D eigenvalue weighted by atomic mass is 16.3. The predicted octanol–water partition coefficient (Wildman–Crippen LogP) is 2.00. The molecule has 2 amide bonds. The zero-order chi connectivity index (χ0) is 24.8. The number of hydrogen-bond donors (Lipinski definition) is 5. The molecule has 1 aliphatic heterocycles. The van der Waals surface area contributed by atoms with E-state index < -0.39 is 5.78 Å². The van der Waals surface area contributed by atoms with E-state index in [1.807, 2.05) is 0 Å². The van der Waals surface area contributed by atoms with Gasteiger partial charge < -0.3 is 26.2 Å². The third-order valence-corrected chi connectivity index (χ3v) is 5.93. The average molecular weight is 475 g/mol. The van der Waals surface area contributed by atoms with Crippen LogP contribution >= 0.6 is 0 Å². The minimum Gasteiger partial charge on any atom is -0.508 e. The van der Waals surface area contributed by atoms with Crippen molar-refractivity contribution in [2.75, 3.05) is 13.1 Å². The fourth-order valence-electron chi connectivity index (χ4n) is 4.01. The highest BCUT2D eigenvalue weighted by Gasteiger charge is 2.27. The second-order valence-electron chi connectivity index (χ2n) is 8.35. The van der Waals surface area contributed by atoms with Gasteiger partial charge >= 0.3 is 0 Å². The first-order chi connectivity index (χ1) is 16.9. The third-order valence-electron chi connectivity index (χ3n) is 5.93. The molecule has 0 saturated carbocycles. The summed E-state index contributed by atoms with van der Waals surface area (Å²) in [4.78, 5) is 42.2. The number of carbonyl (C=O) groups excluding carboxylic acids is 3. The number of benzene rings is 2. The minimum absolute atomic E-state index is 0.0269. The molecule has 3 aromatic rings. The number of aromatic nitrogens is 1. The Kier molecular flexibility index (Phi) is 7.37. The first-order valence-corrected chi connectivity index (χ1v) is 11.3. The first kappa shape index (κ1) is 23.9. The molecular weight excluding hydrogens is 448 g/mol. The number of nitrogens with one attached hydrogen (secondary N) is 3. The molecule has 35 heavy (non-hydrogen) atoms. The molecule has 0 bridgehead atoms. The fourth-order valence-corrected chi connectivity index (χ4v) is 4.01. The minimum atomic E-state index is -0.473. The summed E-state index contributed by atoms with van der Waals surface area (Å²) in [5.41, 5.74) is 1.09. The second-order valence-corrected chi connectivity index (χ2v) is 8.35. The van der Waals surface area contributed by atoms with Gasteiger partial charge in [-0.2, -0.15) is 0 Å². The van der Waals surface area contributed by atoms with Gasteiger partial charge in [-0.3, -0.25) is 19.4 Å². The topological polar surface area (TPSA) is 141 Å². The van der Waals surface area contributed by atoms with Crippen LogP contribution in [0.5, 0.6) is 11.5 Å². The van der Waals surface area contributed by atoms with E-state index in [-0.39, 0.29) is 46.5 Å². The highest BCUT2D eigenvalue weighted by Crippen LogP contribution is 2.25. The number of hydrogen-bond acceptors (Lipinski definition) is 7. The normalized spacial score (nSPS) is 17.7. The van der Waals surface area contributed by atoms with Gasteiger partial charge in [-0.05, 0) is 61.9 Å². The summed E-state index contributed by atoms with van der Waals surface area (Å²) in [5.74, 6) is -1.40. The Balaban J connectivity index is 1.44. The Hall–Kier alpha value is -4.24. The van der Waals surface area contributed by atoms with Crippen molar-refractivity contribution < 1.29 is 24.6 Å². The number of carbonyl (C=O) groups is 3. The lowest BCUT2D eigenvalue weighted by Gasteiger charge is -2.27. The van der Waals surface area contributed by atoms with Crippen LogP contribution in [0.2, 0.25) is 0 Å². The van der Waals surface area contributed by atoms with E-state index in [0.29, 0.717) is 24.1 Å². The Morgan fingerprint density at radius 2 is 1.46 bits per heavy atom. The second kappa shape index (κ2) is 10.8. The van der Waals surface area contributed by atoms with E-state index in [9.17, 15) is 24.6 Å². The summed E-state index contributed by atoms with van der Waals surface area (Å²) < 4.78 is 0. The van der Waals surface area contributed by atoms with Crippen molar-refractivity contribution in [1.29, 1.82) is 0 Å². The number of nitrogens with zero attached hydrogens (tertiary/aromatic N) is 1. The summed E-state index contributed by atoms with van der Waals surface area (Å²) in [6.45, 7) is 1.30. The largest absolute Gasteiger partial charge is 0.508 e. The molecule has 0 radical (unpaired) electrons. The summed E-state index contributed by atoms with van der Waals surface area (Å²) in [6, 6.07) is 12.5. The van der Waals surface area contributed by atoms with E-state index in [1.54, 1.807) is 24.5 Å². The maximum Gasteiger partial charge on any atom is 0.251 e. The zero-order valence-corrected chi connectivity index (χ0v) is 18.9. The van der Waals surface area contributed by atoms with Crippen molar-refractivity contribution in [2.24, 2.45) is 0 Å². The van der Waals surface area contributed by atoms with Crippen molar-refractivity contribution in [2.45, 2.75) is 24.9 Å². The Labute approximate surface area is 202 Å². The van der Waals surface area contributed by atoms with Crippen LogP contribution in [0.25, 0.3) is 0 Å². The van der Waals surface area contributed by atoms with Crippen LogP contribution < -0.4 is 16.0 Å². The monoisotopic (exact) mass is 474 g/mol. The van der Waals surface area contributed by atoms with E-state index >= 15 is 0 Å². The average Bonchev–Trinajstić information content (AvgIpc) is 3.10. The SMILES string of the molecule is O=C(N[C@@H]1CCCNC[C@H]1NC(=O)c1ccncc1)c1ccc(C(=O)c2cc(O)ccc2O)cc1. The standard InChI is InChI=1S/C26H26N4O5/c31-19-7-8-23(32)20(14-19)24(33)16-3-5-17(6-4-16)25(34)29-21-2-1-11-28-15-22(21)30-26(35)18-9-12-27-13-10-18/h3-10,12-14,21-22,28,31-32H,1-2,11,15H2,(H,29,34)(H,30,35)/t21-,22-/m1/s1. The Morgan fingerprint density at radius 1 is 0.829 bits per heavy atom. The molecule has 1 saturated heterocycles. The Bertz CT molecular complexity index is 1210. The number of amides is 2. The zero-order valence-electron chi connectivity index (χ0n) is 18.9. The van der Waals surface area contributed by atoms with Gasteiger partial charge in [-0.15, -0.1) is 0 Å². The van der Waals surface area contributed by atoms with Gasteiger partial charge in [0.1, 0.15) is 11.5 Å². The number of phenolic OH excluding ortho intramolecular Hbond substituents is 2. The Morgan fingerprint density at radius 3 is 2.17 bits per heavy atom. The smallest absolute Gasteiger partial charge is 0.251 e. The lowest BCUT2D eigenvalue weighted by Crippen LogP contribution is -2.54. The molecule has 9 heteroatoms. The van der Waals surface area contributed by atoms with Crippen LogP contribution in [0, 0.1) is 0 Å². The molecule has 2 heterocycles. The molecule has 2 atom stereocenters. The molecule has 1 fully saturated rings. The van der Waals surface area contributed by atoms with Crippen LogP contribution in [-0.2, 0) is 0 Å². The van der Waals surface area contributed by atoms with Gasteiger partial charge in [0.15, 0.2) is 5.78 Å². The number of aromatic hydroxyl groups is 2. The van der Waals surface area contributed by atoms with Gasteiger partial charge in [-0.1, -0.05) is 12.1 Å². The van der Waals surface area contributed by atoms with Crippen molar-refractivity contribution >= 4 is 17.6 Å². The molecule has 9 nitrogen and oxygen atoms in total. The van der Waals surface area contributed by atoms with E-state index in [1.165, 1.54) is 42.5 Å². The molecule has 4 rings (SSSR count). The molecule has 0 aliphatic carbocycles. The van der Waals surface area contributed by atoms with Crippen LogP contribution in [-0.4, -0.2) is 58.0 Å². The number of pyridine rings is 1. The van der Waals surface area contributed by atoms with Crippen LogP contribution in [0.15, 0.2) is 67.0 Å². The number of phenols is 2. The van der Waals surface area contributed by atoms with Gasteiger partial charge in [0.05, 0.1) is 17.6 Å². The van der Waals surface area contributed by atoms with E-state index in [4.69, 9.17) is 0 Å². The van der Waals surface area contributed by atoms with Crippen molar-refractivity contribution in [1.82, 2.24) is 20.9 Å². The van der Waals surface area contributed by atoms with Gasteiger partial charge in [0, 0.05) is 35.6 Å². The summed E-state index contributed by atoms with van der Waals surface area (Å²) >= 11 is 0. The molecule has 1 aliphatic rings. The van der Waals surface area contributed by atoms with Crippen molar-refractivity contribution in [3.05, 3.63) is 89.2 Å². The number of ketones is 1. The van der Waals surface area contributed by atoms with Gasteiger partial charge in [0.2, 0.25) is 0 Å². The van der Waals surface area contributed by atoms with E-state index in [0.717, 1.165) is 13.0 Å². The highest BCUT2D eigenvalue weighted by molar-refractivity contribution is 6.11. The quantitative estimate of drug-likeness (QED) is 0.272. The molecule has 0 spiro atoms. The molecule has 5 N–H and O–H groups in total. The lowest BCUT2D eigenvalue weighted by molar-refractivity contribution is 0.0882. The first-order valence-electron chi connectivity index (χ1n) is 11.3. The predicted molar refractivity (Wildman–Crippen MR) is 128 cm³/mol. The van der Waals surface area contributed by atoms with E-state index in [2.05, 4.69) is 20.9 Å². The van der Waals surface area contributed by atoms with Crippen LogP contribution in [0.3, 0.4) is 0 Å². The summed E-state index contributed by atoms with van der Waals surface area (Å²) in [5, 5.41) is 28.9. The lowest BCUT2D eigenvalue weighted by atomic mass is 10.00. The van der Waals surface area contributed by atoms with Gasteiger partial charge in [-0.25, -0.2) is 0 Å². The maximum absolute atomic E-state index is 13.0. The molecule has 2 aromatic carbocycles. The summed E-state index contributed by atoms with van der Waals surface area (Å²) in [6.07, 6.45) is 4.63. The summed E-state index contributed by atoms with van der Waals surface area (Å²) in [7, 11) is 0. The van der Waals surface area contributed by atoms with Crippen LogP contribution in [0.1, 0.15) is 49.5 Å². The van der Waals surface area contributed by atoms with Crippen molar-refractivity contribution in [3.63, 3.8) is 0 Å². The van der Waals surface area contributed by atoms with Crippen molar-refractivity contribution in [3.8, 4) is 11.5 Å². The fraction of sp³-hybridized carbons (Fsp3) is 0.231. The molecule has 0 unspecified atom stereocenters. The third kappa shape index (κ3) is 5.82. The van der Waals surface area contributed by atoms with Crippen LogP contribution in [0.4, 0.5) is 0 Å². The van der Waals surface area contributed by atoms with Gasteiger partial charge in [0.25, 0.3) is 11.8 Å². The molecule has 180 valence electrons.